The normalized spacial score (nSPS) is 14.8. The van der Waals surface area contributed by atoms with E-state index in [4.69, 9.17) is 0 Å². The van der Waals surface area contributed by atoms with Crippen LogP contribution in [0.4, 0.5) is 11.4 Å². The minimum atomic E-state index is -1.05. The summed E-state index contributed by atoms with van der Waals surface area (Å²) in [6.45, 7) is 5.79. The Labute approximate surface area is 196 Å². The Morgan fingerprint density at radius 2 is 1.79 bits per heavy atom. The number of aromatic carboxylic acids is 1. The second-order valence-electron chi connectivity index (χ2n) is 8.09. The van der Waals surface area contributed by atoms with Crippen molar-refractivity contribution >= 4 is 34.6 Å². The summed E-state index contributed by atoms with van der Waals surface area (Å²) in [5.74, 6) is -1.37. The fraction of sp³-hybridized carbons (Fsp3) is 0.154. The summed E-state index contributed by atoms with van der Waals surface area (Å²) in [5, 5.41) is 30.4. The second kappa shape index (κ2) is 9.19. The summed E-state index contributed by atoms with van der Waals surface area (Å²) in [6.07, 6.45) is 0. The highest BCUT2D eigenvalue weighted by atomic mass is 16.4. The van der Waals surface area contributed by atoms with Crippen LogP contribution in [0.15, 0.2) is 70.9 Å². The number of hydrogen-bond acceptors (Lipinski definition) is 7. The van der Waals surface area contributed by atoms with Crippen LogP contribution in [0.3, 0.4) is 0 Å². The molecule has 0 saturated heterocycles. The number of phenolic OH excluding ortho intramolecular Hbond substituents is 1. The minimum Gasteiger partial charge on any atom is -0.505 e. The van der Waals surface area contributed by atoms with Crippen molar-refractivity contribution in [2.24, 2.45) is 10.2 Å². The monoisotopic (exact) mass is 456 g/mol. The fourth-order valence-electron chi connectivity index (χ4n) is 3.66. The number of nitrogens with zero attached hydrogens (tertiary/aromatic N) is 3. The maximum atomic E-state index is 12.8. The first kappa shape index (κ1) is 22.7. The molecule has 0 bridgehead atoms. The molecule has 8 nitrogen and oxygen atoms in total. The number of rotatable bonds is 5. The van der Waals surface area contributed by atoms with Crippen molar-refractivity contribution in [1.29, 1.82) is 0 Å². The molecule has 3 N–H and O–H groups in total. The Kier molecular flexibility index (Phi) is 6.14. The third-order valence-electron chi connectivity index (χ3n) is 5.70. The zero-order valence-electron chi connectivity index (χ0n) is 19.0. The molecule has 34 heavy (non-hydrogen) atoms. The summed E-state index contributed by atoms with van der Waals surface area (Å²) in [6, 6.07) is 17.2. The van der Waals surface area contributed by atoms with Crippen molar-refractivity contribution in [1.82, 2.24) is 0 Å². The Balaban J connectivity index is 1.60. The van der Waals surface area contributed by atoms with Crippen molar-refractivity contribution in [3.05, 3.63) is 77.4 Å². The number of ketones is 1. The minimum absolute atomic E-state index is 0.0500. The Bertz CT molecular complexity index is 1360. The van der Waals surface area contributed by atoms with Crippen LogP contribution in [0.25, 0.3) is 11.1 Å². The van der Waals surface area contributed by atoms with Gasteiger partial charge in [-0.05, 0) is 67.8 Å². The SMILES string of the molecule is CC1=NN(c2ccc(C)c(C)c2)CC(=O)/C1=N\Nc1cccc(-c2cccc(C(=O)O)c2)c1O. The average Bonchev–Trinajstić information content (AvgIpc) is 2.81. The first-order chi connectivity index (χ1) is 16.2. The van der Waals surface area contributed by atoms with Gasteiger partial charge in [-0.2, -0.15) is 10.2 Å². The zero-order valence-corrected chi connectivity index (χ0v) is 19.0. The van der Waals surface area contributed by atoms with Gasteiger partial charge in [-0.3, -0.25) is 15.2 Å². The molecule has 3 aromatic rings. The lowest BCUT2D eigenvalue weighted by atomic mass is 10.0. The van der Waals surface area contributed by atoms with Crippen LogP contribution >= 0.6 is 0 Å². The predicted molar refractivity (Wildman–Crippen MR) is 133 cm³/mol. The predicted octanol–water partition coefficient (Wildman–Crippen LogP) is 4.61. The molecule has 3 aromatic carbocycles. The number of hydrazone groups is 2. The van der Waals surface area contributed by atoms with Crippen LogP contribution in [-0.2, 0) is 4.79 Å². The molecule has 0 atom stereocenters. The van der Waals surface area contributed by atoms with Crippen molar-refractivity contribution in [3.8, 4) is 16.9 Å². The van der Waals surface area contributed by atoms with Gasteiger partial charge < -0.3 is 10.2 Å². The van der Waals surface area contributed by atoms with E-state index < -0.39 is 5.97 Å². The molecular formula is C26H24N4O4. The molecule has 0 spiro atoms. The van der Waals surface area contributed by atoms with Crippen molar-refractivity contribution in [2.75, 3.05) is 17.0 Å². The molecule has 0 aromatic heterocycles. The van der Waals surface area contributed by atoms with Gasteiger partial charge in [-0.25, -0.2) is 4.79 Å². The molecule has 0 aliphatic carbocycles. The van der Waals surface area contributed by atoms with E-state index >= 15 is 0 Å². The Morgan fingerprint density at radius 1 is 1.03 bits per heavy atom. The summed E-state index contributed by atoms with van der Waals surface area (Å²) >= 11 is 0. The van der Waals surface area contributed by atoms with Crippen molar-refractivity contribution in [3.63, 3.8) is 0 Å². The number of carboxylic acid groups (broad SMARTS) is 1. The third kappa shape index (κ3) is 4.52. The van der Waals surface area contributed by atoms with Gasteiger partial charge in [-0.15, -0.1) is 0 Å². The lowest BCUT2D eigenvalue weighted by Gasteiger charge is -2.24. The number of aromatic hydroxyl groups is 1. The number of carbonyl (C=O) groups excluding carboxylic acids is 1. The first-order valence-corrected chi connectivity index (χ1v) is 10.7. The topological polar surface area (TPSA) is 115 Å². The molecule has 0 saturated carbocycles. The van der Waals surface area contributed by atoms with Gasteiger partial charge in [0.25, 0.3) is 0 Å². The summed E-state index contributed by atoms with van der Waals surface area (Å²) in [7, 11) is 0. The van der Waals surface area contributed by atoms with Crippen molar-refractivity contribution in [2.45, 2.75) is 20.8 Å². The summed E-state index contributed by atoms with van der Waals surface area (Å²) in [4.78, 5) is 24.1. The molecule has 1 aliphatic rings. The van der Waals surface area contributed by atoms with Gasteiger partial charge in [0, 0.05) is 5.56 Å². The standard InChI is InChI=1S/C26H24N4O4/c1-15-10-11-20(12-16(15)2)30-14-23(31)24(17(3)29-30)28-27-22-9-5-8-21(25(22)32)18-6-4-7-19(13-18)26(33)34/h4-13,27,32H,14H2,1-3H3,(H,33,34)/b28-24-. The molecule has 0 unspecified atom stereocenters. The van der Waals surface area contributed by atoms with E-state index in [1.165, 1.54) is 12.1 Å². The molecule has 8 heteroatoms. The Hall–Kier alpha value is -4.46. The number of anilines is 2. The number of carbonyl (C=O) groups is 2. The smallest absolute Gasteiger partial charge is 0.335 e. The molecule has 0 amide bonds. The van der Waals surface area contributed by atoms with Crippen LogP contribution in [-0.4, -0.2) is 39.9 Å². The van der Waals surface area contributed by atoms with E-state index in [2.05, 4.69) is 15.6 Å². The highest BCUT2D eigenvalue weighted by molar-refractivity contribution is 6.68. The third-order valence-corrected chi connectivity index (χ3v) is 5.70. The molecule has 1 aliphatic heterocycles. The van der Waals surface area contributed by atoms with Crippen LogP contribution < -0.4 is 10.4 Å². The molecule has 4 rings (SSSR count). The van der Waals surface area contributed by atoms with Gasteiger partial charge in [0.2, 0.25) is 5.78 Å². The quantitative estimate of drug-likeness (QED) is 0.382. The van der Waals surface area contributed by atoms with Crippen LogP contribution in [0.1, 0.15) is 28.4 Å². The highest BCUT2D eigenvalue weighted by Crippen LogP contribution is 2.35. The number of aryl methyl sites for hydroxylation is 2. The van der Waals surface area contributed by atoms with E-state index in [-0.39, 0.29) is 35.0 Å². The number of carboxylic acids is 1. The van der Waals surface area contributed by atoms with Crippen LogP contribution in [0.5, 0.6) is 5.75 Å². The maximum Gasteiger partial charge on any atom is 0.335 e. The van der Waals surface area contributed by atoms with E-state index in [0.29, 0.717) is 16.8 Å². The van der Waals surface area contributed by atoms with Gasteiger partial charge in [-0.1, -0.05) is 30.3 Å². The van der Waals surface area contributed by atoms with E-state index in [1.807, 2.05) is 32.0 Å². The molecule has 0 fully saturated rings. The average molecular weight is 457 g/mol. The highest BCUT2D eigenvalue weighted by Gasteiger charge is 2.25. The number of para-hydroxylation sites is 1. The molecule has 0 radical (unpaired) electrons. The lowest BCUT2D eigenvalue weighted by molar-refractivity contribution is -0.111. The molecule has 172 valence electrons. The van der Waals surface area contributed by atoms with E-state index in [0.717, 1.165) is 16.8 Å². The van der Waals surface area contributed by atoms with Gasteiger partial charge in [0.1, 0.15) is 12.3 Å². The fourth-order valence-corrected chi connectivity index (χ4v) is 3.66. The number of hydrogen-bond donors (Lipinski definition) is 3. The summed E-state index contributed by atoms with van der Waals surface area (Å²) in [5.41, 5.74) is 7.88. The van der Waals surface area contributed by atoms with E-state index in [9.17, 15) is 19.8 Å². The number of nitrogens with one attached hydrogen (secondary N) is 1. The van der Waals surface area contributed by atoms with E-state index in [1.54, 1.807) is 42.3 Å². The van der Waals surface area contributed by atoms with Crippen LogP contribution in [0, 0.1) is 13.8 Å². The first-order valence-electron chi connectivity index (χ1n) is 10.7. The lowest BCUT2D eigenvalue weighted by Crippen LogP contribution is -2.40. The maximum absolute atomic E-state index is 12.8. The number of phenols is 1. The molecular weight excluding hydrogens is 432 g/mol. The zero-order chi connectivity index (χ0) is 24.4. The van der Waals surface area contributed by atoms with Crippen LogP contribution in [0.2, 0.25) is 0 Å². The molecule has 1 heterocycles. The van der Waals surface area contributed by atoms with Gasteiger partial charge in [0.15, 0.2) is 5.71 Å². The number of Topliss-reactive ketones (excluding diaryl/α,β-unsaturated/α-hetero) is 1. The second-order valence-corrected chi connectivity index (χ2v) is 8.09. The van der Waals surface area contributed by atoms with Gasteiger partial charge >= 0.3 is 5.97 Å². The largest absolute Gasteiger partial charge is 0.505 e. The van der Waals surface area contributed by atoms with Gasteiger partial charge in [0.05, 0.1) is 22.6 Å². The van der Waals surface area contributed by atoms with Crippen molar-refractivity contribution < 1.29 is 19.8 Å². The number of benzene rings is 3. The Morgan fingerprint density at radius 3 is 2.50 bits per heavy atom. The summed E-state index contributed by atoms with van der Waals surface area (Å²) < 4.78 is 0.